The summed E-state index contributed by atoms with van der Waals surface area (Å²) in [6.07, 6.45) is 5.67. The van der Waals surface area contributed by atoms with E-state index < -0.39 is 41.4 Å². The number of hydrogen-bond donors (Lipinski definition) is 4. The zero-order valence-corrected chi connectivity index (χ0v) is 43.8. The monoisotopic (exact) mass is 1060 g/mol. The van der Waals surface area contributed by atoms with Crippen LogP contribution in [-0.4, -0.2) is 106 Å². The highest BCUT2D eigenvalue weighted by molar-refractivity contribution is 7.84. The number of amides is 1. The molecule has 1 saturated heterocycles. The molecule has 1 aliphatic heterocycles. The maximum atomic E-state index is 13.7. The number of piperazine rings is 1. The summed E-state index contributed by atoms with van der Waals surface area (Å²) in [5.74, 6) is -2.13. The molecule has 2 heterocycles. The molecule has 7 atom stereocenters. The summed E-state index contributed by atoms with van der Waals surface area (Å²) in [4.78, 5) is 30.7. The normalized spacial score (nSPS) is 23.8. The maximum Gasteiger partial charge on any atom is 0.453 e. The first kappa shape index (κ1) is 55.4. The van der Waals surface area contributed by atoms with E-state index in [1.54, 1.807) is 11.0 Å². The molecule has 18 heteroatoms. The molecular weight excluding hydrogens is 982 g/mol. The highest BCUT2D eigenvalue weighted by atomic mass is 32.2. The largest absolute Gasteiger partial charge is 0.508 e. The fourth-order valence-corrected chi connectivity index (χ4v) is 13.9. The van der Waals surface area contributed by atoms with E-state index in [2.05, 4.69) is 34.2 Å². The molecule has 0 spiro atoms. The number of alkyl halides is 5. The van der Waals surface area contributed by atoms with Crippen LogP contribution in [0.15, 0.2) is 59.4 Å². The number of aliphatic hydroxyl groups excluding tert-OH is 1. The number of aromatic nitrogens is 3. The van der Waals surface area contributed by atoms with Crippen molar-refractivity contribution < 1.29 is 51.0 Å². The highest BCUT2D eigenvalue weighted by Crippen LogP contribution is 2.60. The Morgan fingerprint density at radius 1 is 0.851 bits per heavy atom. The van der Waals surface area contributed by atoms with E-state index >= 15 is 0 Å². The second-order valence-corrected chi connectivity index (χ2v) is 23.9. The highest BCUT2D eigenvalue weighted by Gasteiger charge is 2.57. The van der Waals surface area contributed by atoms with Crippen LogP contribution in [0.25, 0.3) is 17.1 Å². The van der Waals surface area contributed by atoms with Gasteiger partial charge in [0.2, 0.25) is 0 Å². The predicted molar refractivity (Wildman–Crippen MR) is 275 cm³/mol. The SMILES string of the molecule is CC(C)c1cc(-c2n[nH]c(=O)n2-c2ccc(CN3CCN(C(=O)Oc4ccc5c(c4)CC(CCCCCCCCCS(=O)CCCC(F)(F)C(F)(F)F)C4C(CCC6(C)C(O)CCC46)C5)CC3)cc2)c(O)cc1O. The fraction of sp³-hybridized carbons (Fsp3) is 0.625. The molecule has 2 saturated carbocycles. The summed E-state index contributed by atoms with van der Waals surface area (Å²) in [6.45, 7) is 9.11. The van der Waals surface area contributed by atoms with Crippen LogP contribution >= 0.6 is 0 Å². The van der Waals surface area contributed by atoms with Crippen LogP contribution in [-0.2, 0) is 30.2 Å². The number of carbonyl (C=O) groups is 1. The third kappa shape index (κ3) is 12.7. The number of ether oxygens (including phenoxy) is 1. The first-order valence-corrected chi connectivity index (χ1v) is 28.3. The van der Waals surface area contributed by atoms with Gasteiger partial charge in [-0.1, -0.05) is 77.5 Å². The minimum Gasteiger partial charge on any atom is -0.508 e. The predicted octanol–water partition coefficient (Wildman–Crippen LogP) is 11.4. The number of nitrogens with one attached hydrogen (secondary N) is 1. The molecule has 12 nitrogen and oxygen atoms in total. The summed E-state index contributed by atoms with van der Waals surface area (Å²) in [7, 11) is -1.41. The van der Waals surface area contributed by atoms with Crippen molar-refractivity contribution in [2.24, 2.45) is 29.1 Å². The number of carbonyl (C=O) groups excluding carboxylic acids is 1. The van der Waals surface area contributed by atoms with Crippen LogP contribution < -0.4 is 10.4 Å². The number of H-pyrrole nitrogens is 1. The Morgan fingerprint density at radius 2 is 1.54 bits per heavy atom. The van der Waals surface area contributed by atoms with E-state index in [0.29, 0.717) is 91.1 Å². The van der Waals surface area contributed by atoms with Crippen LogP contribution in [0.5, 0.6) is 17.2 Å². The van der Waals surface area contributed by atoms with E-state index in [0.717, 1.165) is 89.0 Å². The van der Waals surface area contributed by atoms with E-state index in [-0.39, 0.29) is 46.6 Å². The van der Waals surface area contributed by atoms with Gasteiger partial charge in [-0.05, 0) is 145 Å². The number of fused-ring (bicyclic) bond motifs is 4. The van der Waals surface area contributed by atoms with E-state index in [1.165, 1.54) is 21.8 Å². The molecule has 3 aliphatic carbocycles. The molecule has 4 N–H and O–H groups in total. The van der Waals surface area contributed by atoms with Crippen molar-refractivity contribution in [3.05, 3.63) is 87.3 Å². The lowest BCUT2D eigenvalue weighted by Gasteiger charge is -2.50. The summed E-state index contributed by atoms with van der Waals surface area (Å²) < 4.78 is 83.3. The Hall–Kier alpha value is -4.81. The van der Waals surface area contributed by atoms with E-state index in [1.807, 2.05) is 44.2 Å². The third-order valence-electron chi connectivity index (χ3n) is 16.9. The van der Waals surface area contributed by atoms with E-state index in [9.17, 15) is 51.1 Å². The average molecular weight is 1060 g/mol. The number of aromatic hydroxyl groups is 2. The number of halogens is 5. The van der Waals surface area contributed by atoms with Gasteiger partial charge in [0.1, 0.15) is 17.2 Å². The lowest BCUT2D eigenvalue weighted by Crippen LogP contribution is -2.49. The molecule has 0 bridgehead atoms. The lowest BCUT2D eigenvalue weighted by molar-refractivity contribution is -0.284. The van der Waals surface area contributed by atoms with Gasteiger partial charge in [0, 0.05) is 67.5 Å². The van der Waals surface area contributed by atoms with Crippen LogP contribution in [0.3, 0.4) is 0 Å². The fourth-order valence-electron chi connectivity index (χ4n) is 12.7. The van der Waals surface area contributed by atoms with Gasteiger partial charge < -0.3 is 25.0 Å². The Bertz CT molecular complexity index is 2630. The van der Waals surface area contributed by atoms with Crippen molar-refractivity contribution in [1.82, 2.24) is 24.6 Å². The van der Waals surface area contributed by atoms with Crippen LogP contribution in [0.4, 0.5) is 26.7 Å². The van der Waals surface area contributed by atoms with Gasteiger partial charge in [0.05, 0.1) is 17.4 Å². The molecule has 3 aromatic carbocycles. The van der Waals surface area contributed by atoms with Gasteiger partial charge >= 0.3 is 23.9 Å². The Balaban J connectivity index is 0.816. The number of rotatable bonds is 20. The minimum atomic E-state index is -5.58. The van der Waals surface area contributed by atoms with Crippen LogP contribution in [0, 0.1) is 29.1 Å². The van der Waals surface area contributed by atoms with Gasteiger partial charge in [0.25, 0.3) is 0 Å². The van der Waals surface area contributed by atoms with Crippen LogP contribution in [0.1, 0.15) is 139 Å². The number of phenolic OH excluding ortho intramolecular Hbond substituents is 2. The second-order valence-electron chi connectivity index (χ2n) is 22.2. The van der Waals surface area contributed by atoms with Crippen LogP contribution in [0.2, 0.25) is 0 Å². The van der Waals surface area contributed by atoms with Gasteiger partial charge in [-0.2, -0.15) is 27.1 Å². The molecule has 4 aliphatic rings. The van der Waals surface area contributed by atoms with Crippen molar-refractivity contribution in [3.63, 3.8) is 0 Å². The molecule has 74 heavy (non-hydrogen) atoms. The molecule has 1 aromatic heterocycles. The van der Waals surface area contributed by atoms with Crippen molar-refractivity contribution >= 4 is 16.9 Å². The Labute approximate surface area is 433 Å². The average Bonchev–Trinajstić information content (AvgIpc) is 3.82. The Morgan fingerprint density at radius 3 is 2.24 bits per heavy atom. The van der Waals surface area contributed by atoms with Crippen molar-refractivity contribution in [2.45, 2.75) is 154 Å². The number of aliphatic hydroxyl groups is 1. The first-order valence-electron chi connectivity index (χ1n) is 26.8. The van der Waals surface area contributed by atoms with Gasteiger partial charge in [-0.15, -0.1) is 0 Å². The number of benzene rings is 3. The molecule has 8 rings (SSSR count). The molecule has 3 fully saturated rings. The zero-order valence-electron chi connectivity index (χ0n) is 43.0. The van der Waals surface area contributed by atoms with Gasteiger partial charge in [-0.25, -0.2) is 19.3 Å². The summed E-state index contributed by atoms with van der Waals surface area (Å²) in [6, 6.07) is 16.7. The quantitative estimate of drug-likeness (QED) is 0.0499. The summed E-state index contributed by atoms with van der Waals surface area (Å²) in [5, 5.41) is 39.0. The molecule has 1 amide bonds. The van der Waals surface area contributed by atoms with Crippen molar-refractivity contribution in [1.29, 1.82) is 0 Å². The molecule has 406 valence electrons. The Kier molecular flexibility index (Phi) is 17.7. The van der Waals surface area contributed by atoms with Crippen molar-refractivity contribution in [3.8, 4) is 34.3 Å². The molecule has 7 unspecified atom stereocenters. The molecule has 4 aromatic rings. The number of nitrogens with zero attached hydrogens (tertiary/aromatic N) is 4. The standard InChI is InChI=1S/C56H74F5N5O7S/c1-36(2)44-33-45(48(68)34-47(44)67)51-62-63-52(70)66(51)42-16-13-37(14-17-42)35-64-24-26-65(27-25-64)53(71)73-43-18-15-38-30-40-21-23-54(3)46(19-20-49(54)69)50(40)39(31-41(38)32-43)12-9-7-5-4-6-8-10-28-74(72)29-11-22-55(57,58)56(59,60)61/h13-18,32-34,36,39-40,46,49-50,67-69H,4-12,19-31,35H2,1-3H3,(H,63,70). The lowest BCUT2D eigenvalue weighted by atomic mass is 9.55. The number of hydrogen-bond acceptors (Lipinski definition) is 9. The molecular formula is C56H74F5N5O7S. The van der Waals surface area contributed by atoms with E-state index in [4.69, 9.17) is 4.74 Å². The van der Waals surface area contributed by atoms with Gasteiger partial charge in [0.15, 0.2) is 5.82 Å². The smallest absolute Gasteiger partial charge is 0.453 e. The first-order chi connectivity index (χ1) is 35.2. The molecule has 0 radical (unpaired) electrons. The van der Waals surface area contributed by atoms with Gasteiger partial charge in [-0.3, -0.25) is 9.11 Å². The number of phenols is 2. The number of unbranched alkanes of at least 4 members (excludes halogenated alkanes) is 6. The van der Waals surface area contributed by atoms with Crippen molar-refractivity contribution in [2.75, 3.05) is 37.7 Å². The third-order valence-corrected chi connectivity index (χ3v) is 18.4. The topological polar surface area (TPSA) is 161 Å². The zero-order chi connectivity index (χ0) is 53.0. The second kappa shape index (κ2) is 23.6. The maximum absolute atomic E-state index is 13.7. The summed E-state index contributed by atoms with van der Waals surface area (Å²) in [5.41, 5.74) is 4.56. The number of aromatic amines is 1. The minimum absolute atomic E-state index is 0.0255. The summed E-state index contributed by atoms with van der Waals surface area (Å²) >= 11 is 0.